The van der Waals surface area contributed by atoms with E-state index in [-0.39, 0.29) is 0 Å². The van der Waals surface area contributed by atoms with Crippen molar-refractivity contribution in [1.29, 1.82) is 0 Å². The summed E-state index contributed by atoms with van der Waals surface area (Å²) in [5.74, 6) is 0.892. The Morgan fingerprint density at radius 1 is 1.31 bits per heavy atom. The molecule has 0 saturated carbocycles. The van der Waals surface area contributed by atoms with E-state index in [9.17, 15) is 0 Å². The highest BCUT2D eigenvalue weighted by molar-refractivity contribution is 5.48. The van der Waals surface area contributed by atoms with Crippen LogP contribution in [0.2, 0.25) is 0 Å². The third-order valence-corrected chi connectivity index (χ3v) is 1.70. The van der Waals surface area contributed by atoms with Gasteiger partial charge < -0.3 is 4.74 Å². The number of allylic oxidation sites excluding steroid dienone is 1. The van der Waals surface area contributed by atoms with Gasteiger partial charge in [0.2, 0.25) is 0 Å². The lowest BCUT2D eigenvalue weighted by Crippen LogP contribution is -1.92. The standard InChI is InChI=1S/C12H14O/c1-3-5-10-13-12-8-6-11(4-2)7-9-12/h3-9H,2,10H2,1H3. The van der Waals surface area contributed by atoms with Crippen LogP contribution < -0.4 is 4.74 Å². The molecule has 0 aromatic heterocycles. The lowest BCUT2D eigenvalue weighted by molar-refractivity contribution is 0.362. The zero-order valence-corrected chi connectivity index (χ0v) is 7.86. The molecular weight excluding hydrogens is 160 g/mol. The molecule has 0 bridgehead atoms. The second-order valence-corrected chi connectivity index (χ2v) is 2.65. The molecule has 0 spiro atoms. The van der Waals surface area contributed by atoms with Crippen molar-refractivity contribution >= 4 is 6.08 Å². The number of rotatable bonds is 4. The number of hydrogen-bond donors (Lipinski definition) is 0. The fraction of sp³-hybridized carbons (Fsp3) is 0.167. The van der Waals surface area contributed by atoms with Crippen molar-refractivity contribution < 1.29 is 4.74 Å². The van der Waals surface area contributed by atoms with Crippen molar-refractivity contribution in [2.45, 2.75) is 6.92 Å². The van der Waals surface area contributed by atoms with Gasteiger partial charge in [-0.3, -0.25) is 0 Å². The lowest BCUT2D eigenvalue weighted by Gasteiger charge is -2.02. The molecule has 1 aromatic rings. The molecule has 13 heavy (non-hydrogen) atoms. The first kappa shape index (κ1) is 9.59. The Hall–Kier alpha value is -1.50. The first-order valence-electron chi connectivity index (χ1n) is 4.33. The normalized spacial score (nSPS) is 10.2. The molecular formula is C12H14O. The van der Waals surface area contributed by atoms with E-state index in [0.717, 1.165) is 11.3 Å². The highest BCUT2D eigenvalue weighted by Crippen LogP contribution is 2.12. The molecule has 0 saturated heterocycles. The van der Waals surface area contributed by atoms with Crippen molar-refractivity contribution in [2.24, 2.45) is 0 Å². The summed E-state index contributed by atoms with van der Waals surface area (Å²) in [5, 5.41) is 0. The van der Waals surface area contributed by atoms with Crippen LogP contribution in [-0.4, -0.2) is 6.61 Å². The van der Waals surface area contributed by atoms with Crippen LogP contribution in [0.4, 0.5) is 0 Å². The van der Waals surface area contributed by atoms with Crippen LogP contribution in [0, 0.1) is 0 Å². The topological polar surface area (TPSA) is 9.23 Å². The third kappa shape index (κ3) is 3.16. The summed E-state index contributed by atoms with van der Waals surface area (Å²) >= 11 is 0. The summed E-state index contributed by atoms with van der Waals surface area (Å²) < 4.78 is 5.42. The molecule has 0 radical (unpaired) electrons. The molecule has 0 aliphatic carbocycles. The molecule has 0 unspecified atom stereocenters. The number of ether oxygens (including phenoxy) is 1. The van der Waals surface area contributed by atoms with Gasteiger partial charge in [-0.1, -0.05) is 36.9 Å². The van der Waals surface area contributed by atoms with Gasteiger partial charge in [0.1, 0.15) is 12.4 Å². The van der Waals surface area contributed by atoms with Gasteiger partial charge in [-0.05, 0) is 24.6 Å². The number of hydrogen-bond acceptors (Lipinski definition) is 1. The van der Waals surface area contributed by atoms with Crippen molar-refractivity contribution in [2.75, 3.05) is 6.61 Å². The van der Waals surface area contributed by atoms with E-state index in [2.05, 4.69) is 6.58 Å². The zero-order chi connectivity index (χ0) is 9.52. The van der Waals surface area contributed by atoms with Gasteiger partial charge in [-0.25, -0.2) is 0 Å². The van der Waals surface area contributed by atoms with Crippen LogP contribution in [0.5, 0.6) is 5.75 Å². The molecule has 1 aromatic carbocycles. The summed E-state index contributed by atoms with van der Waals surface area (Å²) in [6.07, 6.45) is 5.76. The summed E-state index contributed by atoms with van der Waals surface area (Å²) in [7, 11) is 0. The minimum atomic E-state index is 0.629. The molecule has 0 aliphatic rings. The van der Waals surface area contributed by atoms with Crippen molar-refractivity contribution in [3.8, 4) is 5.75 Å². The van der Waals surface area contributed by atoms with Crippen LogP contribution in [0.1, 0.15) is 12.5 Å². The summed E-state index contributed by atoms with van der Waals surface area (Å²) in [4.78, 5) is 0. The number of benzene rings is 1. The predicted octanol–water partition coefficient (Wildman–Crippen LogP) is 3.28. The summed E-state index contributed by atoms with van der Waals surface area (Å²) in [5.41, 5.74) is 1.11. The first-order valence-corrected chi connectivity index (χ1v) is 4.33. The van der Waals surface area contributed by atoms with Crippen molar-refractivity contribution in [1.82, 2.24) is 0 Å². The average Bonchev–Trinajstić information content (AvgIpc) is 2.19. The van der Waals surface area contributed by atoms with Crippen LogP contribution in [0.15, 0.2) is 43.0 Å². The minimum Gasteiger partial charge on any atom is -0.490 e. The van der Waals surface area contributed by atoms with E-state index < -0.39 is 0 Å². The molecule has 0 N–H and O–H groups in total. The fourth-order valence-corrected chi connectivity index (χ4v) is 0.941. The maximum atomic E-state index is 5.42. The highest BCUT2D eigenvalue weighted by atomic mass is 16.5. The van der Waals surface area contributed by atoms with Crippen LogP contribution in [0.3, 0.4) is 0 Å². The Kier molecular flexibility index (Phi) is 3.83. The van der Waals surface area contributed by atoms with E-state index in [1.807, 2.05) is 49.4 Å². The summed E-state index contributed by atoms with van der Waals surface area (Å²) in [6, 6.07) is 7.86. The smallest absolute Gasteiger partial charge is 0.119 e. The van der Waals surface area contributed by atoms with Gasteiger partial charge in [-0.15, -0.1) is 0 Å². The Balaban J connectivity index is 2.53. The van der Waals surface area contributed by atoms with E-state index >= 15 is 0 Å². The van der Waals surface area contributed by atoms with Crippen LogP contribution >= 0.6 is 0 Å². The molecule has 1 heteroatoms. The third-order valence-electron chi connectivity index (χ3n) is 1.70. The first-order chi connectivity index (χ1) is 6.36. The van der Waals surface area contributed by atoms with Gasteiger partial charge in [0.05, 0.1) is 0 Å². The molecule has 68 valence electrons. The van der Waals surface area contributed by atoms with Crippen LogP contribution in [-0.2, 0) is 0 Å². The molecule has 0 heterocycles. The Morgan fingerprint density at radius 3 is 2.54 bits per heavy atom. The van der Waals surface area contributed by atoms with Crippen LogP contribution in [0.25, 0.3) is 6.08 Å². The minimum absolute atomic E-state index is 0.629. The maximum absolute atomic E-state index is 5.42. The molecule has 0 fully saturated rings. The van der Waals surface area contributed by atoms with Crippen molar-refractivity contribution in [3.63, 3.8) is 0 Å². The largest absolute Gasteiger partial charge is 0.490 e. The Bertz CT molecular complexity index is 282. The van der Waals surface area contributed by atoms with Crippen molar-refractivity contribution in [3.05, 3.63) is 48.6 Å². The molecule has 0 atom stereocenters. The zero-order valence-electron chi connectivity index (χ0n) is 7.86. The van der Waals surface area contributed by atoms with E-state index in [1.165, 1.54) is 0 Å². The van der Waals surface area contributed by atoms with Gasteiger partial charge in [0, 0.05) is 0 Å². The summed E-state index contributed by atoms with van der Waals surface area (Å²) in [6.45, 7) is 6.29. The van der Waals surface area contributed by atoms with E-state index in [4.69, 9.17) is 4.74 Å². The molecule has 1 rings (SSSR count). The van der Waals surface area contributed by atoms with Gasteiger partial charge in [0.15, 0.2) is 0 Å². The lowest BCUT2D eigenvalue weighted by atomic mass is 10.2. The quantitative estimate of drug-likeness (QED) is 0.636. The van der Waals surface area contributed by atoms with E-state index in [1.54, 1.807) is 0 Å². The van der Waals surface area contributed by atoms with Gasteiger partial charge >= 0.3 is 0 Å². The second-order valence-electron chi connectivity index (χ2n) is 2.65. The maximum Gasteiger partial charge on any atom is 0.119 e. The van der Waals surface area contributed by atoms with Gasteiger partial charge in [-0.2, -0.15) is 0 Å². The predicted molar refractivity (Wildman–Crippen MR) is 56.8 cm³/mol. The fourth-order valence-electron chi connectivity index (χ4n) is 0.941. The van der Waals surface area contributed by atoms with Gasteiger partial charge in [0.25, 0.3) is 0 Å². The second kappa shape index (κ2) is 5.20. The van der Waals surface area contributed by atoms with E-state index in [0.29, 0.717) is 6.61 Å². The molecule has 1 nitrogen and oxygen atoms in total. The average molecular weight is 174 g/mol. The molecule has 0 aliphatic heterocycles. The monoisotopic (exact) mass is 174 g/mol. The SMILES string of the molecule is C=Cc1ccc(OCC=CC)cc1. The Labute approximate surface area is 79.4 Å². The Morgan fingerprint density at radius 2 is 2.00 bits per heavy atom. The molecule has 0 amide bonds. The highest BCUT2D eigenvalue weighted by Gasteiger charge is 1.90.